The zero-order valence-electron chi connectivity index (χ0n) is 12.8. The molecule has 4 N–H and O–H groups in total. The molecule has 0 bridgehead atoms. The van der Waals surface area contributed by atoms with E-state index in [1.165, 1.54) is 0 Å². The zero-order chi connectivity index (χ0) is 15.1. The summed E-state index contributed by atoms with van der Waals surface area (Å²) in [4.78, 5) is 14.5. The van der Waals surface area contributed by atoms with Crippen molar-refractivity contribution in [2.45, 2.75) is 40.2 Å². The molecule has 0 amide bonds. The topological polar surface area (TPSA) is 100 Å². The third-order valence-corrected chi connectivity index (χ3v) is 2.93. The van der Waals surface area contributed by atoms with Crippen LogP contribution in [0.1, 0.15) is 34.1 Å². The van der Waals surface area contributed by atoms with Crippen molar-refractivity contribution < 1.29 is 5.11 Å². The molecule has 0 aliphatic carbocycles. The lowest BCUT2D eigenvalue weighted by Crippen LogP contribution is -2.26. The van der Waals surface area contributed by atoms with Gasteiger partial charge in [0, 0.05) is 19.6 Å². The highest BCUT2D eigenvalue weighted by Gasteiger charge is 2.11. The van der Waals surface area contributed by atoms with Crippen molar-refractivity contribution in [1.29, 1.82) is 0 Å². The summed E-state index contributed by atoms with van der Waals surface area (Å²) in [6.45, 7) is 10.2. The van der Waals surface area contributed by atoms with Crippen molar-refractivity contribution in [3.05, 3.63) is 0 Å². The number of aliphatic hydroxyl groups excluding tert-OH is 1. The van der Waals surface area contributed by atoms with Crippen LogP contribution in [0.25, 0.3) is 0 Å². The number of aliphatic hydroxyl groups is 1. The Labute approximate surface area is 120 Å². The van der Waals surface area contributed by atoms with Gasteiger partial charge in [-0.15, -0.1) is 0 Å². The molecule has 0 radical (unpaired) electrons. The smallest absolute Gasteiger partial charge is 0.231 e. The predicted octanol–water partition coefficient (Wildman–Crippen LogP) is 1.12. The summed E-state index contributed by atoms with van der Waals surface area (Å²) in [5.74, 6) is 1.59. The molecule has 0 saturated carbocycles. The van der Waals surface area contributed by atoms with Crippen molar-refractivity contribution >= 4 is 17.8 Å². The second-order valence-corrected chi connectivity index (χ2v) is 5.15. The maximum absolute atomic E-state index is 9.85. The largest absolute Gasteiger partial charge is 0.391 e. The second kappa shape index (κ2) is 7.84. The number of nitrogens with zero attached hydrogens (tertiary/aromatic N) is 4. The standard InChI is InChI=1S/C13H26N6O/c1-5-19(6-2)13-17-11(14)16-12(18-13)15-8-10(20)7-9(3)4/h9-10,20H,5-8H2,1-4H3,(H3,14,15,16,17,18). The monoisotopic (exact) mass is 282 g/mol. The Morgan fingerprint density at radius 3 is 2.40 bits per heavy atom. The van der Waals surface area contributed by atoms with Crippen molar-refractivity contribution in [2.75, 3.05) is 35.6 Å². The fourth-order valence-corrected chi connectivity index (χ4v) is 1.94. The summed E-state index contributed by atoms with van der Waals surface area (Å²) in [6.07, 6.45) is 0.307. The van der Waals surface area contributed by atoms with Gasteiger partial charge in [-0.1, -0.05) is 13.8 Å². The van der Waals surface area contributed by atoms with Gasteiger partial charge in [0.25, 0.3) is 0 Å². The van der Waals surface area contributed by atoms with Gasteiger partial charge in [0.2, 0.25) is 17.8 Å². The number of hydrogen-bond acceptors (Lipinski definition) is 7. The Morgan fingerprint density at radius 2 is 1.85 bits per heavy atom. The van der Waals surface area contributed by atoms with E-state index in [0.29, 0.717) is 24.4 Å². The van der Waals surface area contributed by atoms with Gasteiger partial charge < -0.3 is 21.1 Å². The molecule has 7 nitrogen and oxygen atoms in total. The summed E-state index contributed by atoms with van der Waals surface area (Å²) < 4.78 is 0. The minimum atomic E-state index is -0.426. The Kier molecular flexibility index (Phi) is 6.44. The third kappa shape index (κ3) is 5.16. The molecule has 114 valence electrons. The summed E-state index contributed by atoms with van der Waals surface area (Å²) in [5.41, 5.74) is 5.70. The highest BCUT2D eigenvalue weighted by atomic mass is 16.3. The SMILES string of the molecule is CCN(CC)c1nc(N)nc(NCC(O)CC(C)C)n1. The van der Waals surface area contributed by atoms with E-state index in [9.17, 15) is 5.11 Å². The van der Waals surface area contributed by atoms with Crippen LogP contribution in [0.3, 0.4) is 0 Å². The van der Waals surface area contributed by atoms with Crippen LogP contribution in [-0.4, -0.2) is 45.8 Å². The molecule has 1 aromatic rings. The van der Waals surface area contributed by atoms with Gasteiger partial charge in [0.15, 0.2) is 0 Å². The molecule has 20 heavy (non-hydrogen) atoms. The number of rotatable bonds is 8. The van der Waals surface area contributed by atoms with Crippen LogP contribution < -0.4 is 16.0 Å². The van der Waals surface area contributed by atoms with E-state index in [4.69, 9.17) is 5.73 Å². The van der Waals surface area contributed by atoms with Gasteiger partial charge in [-0.05, 0) is 26.2 Å². The first kappa shape index (κ1) is 16.4. The van der Waals surface area contributed by atoms with E-state index in [1.54, 1.807) is 0 Å². The Balaban J connectivity index is 2.70. The first-order valence-electron chi connectivity index (χ1n) is 7.14. The normalized spacial score (nSPS) is 12.5. The number of nitrogens with one attached hydrogen (secondary N) is 1. The van der Waals surface area contributed by atoms with Crippen LogP contribution in [0, 0.1) is 5.92 Å². The highest BCUT2D eigenvalue weighted by molar-refractivity contribution is 5.41. The maximum atomic E-state index is 9.85. The fourth-order valence-electron chi connectivity index (χ4n) is 1.94. The summed E-state index contributed by atoms with van der Waals surface area (Å²) >= 11 is 0. The first-order chi connectivity index (χ1) is 9.46. The highest BCUT2D eigenvalue weighted by Crippen LogP contribution is 2.12. The molecule has 0 aliphatic heterocycles. The van der Waals surface area contributed by atoms with Crippen molar-refractivity contribution in [2.24, 2.45) is 5.92 Å². The van der Waals surface area contributed by atoms with Crippen LogP contribution in [0.5, 0.6) is 0 Å². The molecule has 7 heteroatoms. The zero-order valence-corrected chi connectivity index (χ0v) is 12.8. The predicted molar refractivity (Wildman–Crippen MR) is 81.8 cm³/mol. The molecule has 1 aromatic heterocycles. The van der Waals surface area contributed by atoms with Crippen LogP contribution in [-0.2, 0) is 0 Å². The van der Waals surface area contributed by atoms with Gasteiger partial charge in [-0.2, -0.15) is 15.0 Å². The molecular formula is C13H26N6O. The van der Waals surface area contributed by atoms with Crippen molar-refractivity contribution in [3.63, 3.8) is 0 Å². The van der Waals surface area contributed by atoms with Gasteiger partial charge in [-0.25, -0.2) is 0 Å². The van der Waals surface area contributed by atoms with Crippen molar-refractivity contribution in [3.8, 4) is 0 Å². The minimum Gasteiger partial charge on any atom is -0.391 e. The summed E-state index contributed by atoms with van der Waals surface area (Å²) in [7, 11) is 0. The second-order valence-electron chi connectivity index (χ2n) is 5.15. The number of nitrogens with two attached hydrogens (primary N) is 1. The van der Waals surface area contributed by atoms with Crippen LogP contribution in [0.15, 0.2) is 0 Å². The number of aromatic nitrogens is 3. The van der Waals surface area contributed by atoms with Gasteiger partial charge in [0.1, 0.15) is 0 Å². The maximum Gasteiger partial charge on any atom is 0.231 e. The quantitative estimate of drug-likeness (QED) is 0.657. The Morgan fingerprint density at radius 1 is 1.20 bits per heavy atom. The molecule has 1 heterocycles. The molecule has 1 rings (SSSR count). The molecule has 0 aliphatic rings. The van der Waals surface area contributed by atoms with Gasteiger partial charge in [0.05, 0.1) is 6.10 Å². The molecular weight excluding hydrogens is 256 g/mol. The molecule has 1 unspecified atom stereocenters. The lowest BCUT2D eigenvalue weighted by Gasteiger charge is -2.19. The number of hydrogen-bond donors (Lipinski definition) is 3. The summed E-state index contributed by atoms with van der Waals surface area (Å²) in [5, 5.41) is 12.9. The Hall–Kier alpha value is -1.63. The molecule has 0 fully saturated rings. The van der Waals surface area contributed by atoms with E-state index >= 15 is 0 Å². The molecule has 0 aromatic carbocycles. The molecule has 0 spiro atoms. The summed E-state index contributed by atoms with van der Waals surface area (Å²) in [6, 6.07) is 0. The number of anilines is 3. The van der Waals surface area contributed by atoms with Crippen LogP contribution >= 0.6 is 0 Å². The van der Waals surface area contributed by atoms with E-state index in [1.807, 2.05) is 18.7 Å². The minimum absolute atomic E-state index is 0.183. The van der Waals surface area contributed by atoms with Crippen molar-refractivity contribution in [1.82, 2.24) is 15.0 Å². The van der Waals surface area contributed by atoms with Gasteiger partial charge >= 0.3 is 0 Å². The lowest BCUT2D eigenvalue weighted by molar-refractivity contribution is 0.161. The molecule has 0 saturated heterocycles. The first-order valence-corrected chi connectivity index (χ1v) is 7.14. The average molecular weight is 282 g/mol. The van der Waals surface area contributed by atoms with E-state index in [0.717, 1.165) is 19.5 Å². The van der Waals surface area contributed by atoms with E-state index in [-0.39, 0.29) is 5.95 Å². The Bertz CT molecular complexity index is 408. The third-order valence-electron chi connectivity index (χ3n) is 2.93. The average Bonchev–Trinajstić information content (AvgIpc) is 2.36. The fraction of sp³-hybridized carbons (Fsp3) is 0.769. The van der Waals surface area contributed by atoms with Crippen LogP contribution in [0.2, 0.25) is 0 Å². The van der Waals surface area contributed by atoms with Gasteiger partial charge in [-0.3, -0.25) is 0 Å². The lowest BCUT2D eigenvalue weighted by atomic mass is 10.1. The van der Waals surface area contributed by atoms with E-state index < -0.39 is 6.10 Å². The molecule has 1 atom stereocenters. The van der Waals surface area contributed by atoms with E-state index in [2.05, 4.69) is 34.1 Å². The number of nitrogen functional groups attached to an aromatic ring is 1. The van der Waals surface area contributed by atoms with Crippen LogP contribution in [0.4, 0.5) is 17.8 Å².